The molecular weight excluding hydrogens is 154 g/mol. The highest BCUT2D eigenvalue weighted by molar-refractivity contribution is 5.78. The molecule has 3 nitrogen and oxygen atoms in total. The van der Waals surface area contributed by atoms with Crippen LogP contribution in [0.5, 0.6) is 0 Å². The number of nitrogens with one attached hydrogen (secondary N) is 1. The number of rotatable bonds is 5. The average molecular weight is 169 g/mol. The van der Waals surface area contributed by atoms with Crippen LogP contribution in [0, 0.1) is 0 Å². The van der Waals surface area contributed by atoms with Gasteiger partial charge in [-0.1, -0.05) is 0 Å². The lowest BCUT2D eigenvalue weighted by molar-refractivity contribution is -0.121. The van der Waals surface area contributed by atoms with Gasteiger partial charge < -0.3 is 10.1 Å². The van der Waals surface area contributed by atoms with Gasteiger partial charge in [-0.25, -0.2) is 0 Å². The standard InChI is InChI=1S/C9H15NO2/c1-7(11)3-2-4-9(12)10-8-5-6-8/h8H,2-6H2,1H3,(H,10,12). The monoisotopic (exact) mass is 169 g/mol. The summed E-state index contributed by atoms with van der Waals surface area (Å²) in [5.74, 6) is 0.257. The zero-order valence-electron chi connectivity index (χ0n) is 7.43. The maximum atomic E-state index is 11.1. The first-order valence-corrected chi connectivity index (χ1v) is 4.47. The van der Waals surface area contributed by atoms with Crippen LogP contribution in [0.15, 0.2) is 0 Å². The normalized spacial score (nSPS) is 15.8. The molecule has 3 heteroatoms. The van der Waals surface area contributed by atoms with Gasteiger partial charge in [0.1, 0.15) is 5.78 Å². The molecule has 0 aliphatic heterocycles. The van der Waals surface area contributed by atoms with Crippen LogP contribution < -0.4 is 5.32 Å². The van der Waals surface area contributed by atoms with Crippen molar-refractivity contribution < 1.29 is 9.59 Å². The van der Waals surface area contributed by atoms with Crippen LogP contribution >= 0.6 is 0 Å². The summed E-state index contributed by atoms with van der Waals surface area (Å²) in [5, 5.41) is 2.88. The zero-order chi connectivity index (χ0) is 8.97. The van der Waals surface area contributed by atoms with Crippen LogP contribution in [0.1, 0.15) is 39.0 Å². The summed E-state index contributed by atoms with van der Waals surface area (Å²) in [5.41, 5.74) is 0. The molecular formula is C9H15NO2. The molecule has 1 aliphatic rings. The minimum Gasteiger partial charge on any atom is -0.353 e. The highest BCUT2D eigenvalue weighted by Crippen LogP contribution is 2.18. The van der Waals surface area contributed by atoms with Crippen LogP contribution in [-0.4, -0.2) is 17.7 Å². The molecule has 0 unspecified atom stereocenters. The molecule has 1 aliphatic carbocycles. The summed E-state index contributed by atoms with van der Waals surface area (Å²) in [6.45, 7) is 1.55. The van der Waals surface area contributed by atoms with Crippen LogP contribution in [-0.2, 0) is 9.59 Å². The second-order valence-electron chi connectivity index (χ2n) is 3.40. The van der Waals surface area contributed by atoms with Crippen LogP contribution in [0.4, 0.5) is 0 Å². The van der Waals surface area contributed by atoms with E-state index in [1.54, 1.807) is 6.92 Å². The number of hydrogen-bond donors (Lipinski definition) is 1. The van der Waals surface area contributed by atoms with Gasteiger partial charge in [0.15, 0.2) is 0 Å². The fraction of sp³-hybridized carbons (Fsp3) is 0.778. The molecule has 1 rings (SSSR count). The lowest BCUT2D eigenvalue weighted by Gasteiger charge is -2.00. The van der Waals surface area contributed by atoms with Crippen molar-refractivity contribution in [1.82, 2.24) is 5.32 Å². The Kier molecular flexibility index (Phi) is 3.26. The molecule has 0 saturated heterocycles. The summed E-state index contributed by atoms with van der Waals surface area (Å²) >= 11 is 0. The Balaban J connectivity index is 1.97. The Morgan fingerprint density at radius 2 is 2.00 bits per heavy atom. The topological polar surface area (TPSA) is 46.2 Å². The van der Waals surface area contributed by atoms with Crippen LogP contribution in [0.3, 0.4) is 0 Å². The Bertz CT molecular complexity index is 185. The SMILES string of the molecule is CC(=O)CCCC(=O)NC1CC1. The maximum Gasteiger partial charge on any atom is 0.220 e. The van der Waals surface area contributed by atoms with E-state index in [1.807, 2.05) is 0 Å². The van der Waals surface area contributed by atoms with E-state index >= 15 is 0 Å². The molecule has 0 aromatic rings. The second kappa shape index (κ2) is 4.24. The predicted molar refractivity (Wildman–Crippen MR) is 45.7 cm³/mol. The molecule has 0 bridgehead atoms. The number of carbonyl (C=O) groups excluding carboxylic acids is 2. The summed E-state index contributed by atoms with van der Waals surface area (Å²) in [4.78, 5) is 21.6. The number of ketones is 1. The van der Waals surface area contributed by atoms with Gasteiger partial charge >= 0.3 is 0 Å². The smallest absolute Gasteiger partial charge is 0.220 e. The van der Waals surface area contributed by atoms with E-state index < -0.39 is 0 Å². The third-order valence-corrected chi connectivity index (χ3v) is 1.88. The molecule has 0 atom stereocenters. The molecule has 1 saturated carbocycles. The van der Waals surface area contributed by atoms with Crippen molar-refractivity contribution in [2.75, 3.05) is 0 Å². The van der Waals surface area contributed by atoms with E-state index in [0.29, 0.717) is 25.3 Å². The molecule has 0 aromatic heterocycles. The third-order valence-electron chi connectivity index (χ3n) is 1.88. The van der Waals surface area contributed by atoms with Gasteiger partial charge in [0.25, 0.3) is 0 Å². The number of Topliss-reactive ketones (excluding diaryl/α,β-unsaturated/α-hetero) is 1. The molecule has 0 aromatic carbocycles. The van der Waals surface area contributed by atoms with Gasteiger partial charge in [0.2, 0.25) is 5.91 Å². The van der Waals surface area contributed by atoms with E-state index in [2.05, 4.69) is 5.32 Å². The lowest BCUT2D eigenvalue weighted by atomic mass is 10.2. The van der Waals surface area contributed by atoms with Crippen molar-refractivity contribution in [3.63, 3.8) is 0 Å². The van der Waals surface area contributed by atoms with Gasteiger partial charge in [-0.05, 0) is 26.2 Å². The van der Waals surface area contributed by atoms with Crippen LogP contribution in [0.25, 0.3) is 0 Å². The van der Waals surface area contributed by atoms with Gasteiger partial charge in [0.05, 0.1) is 0 Å². The summed E-state index contributed by atoms with van der Waals surface area (Å²) in [6.07, 6.45) is 3.96. The number of hydrogen-bond acceptors (Lipinski definition) is 2. The van der Waals surface area contributed by atoms with Crippen molar-refractivity contribution in [3.05, 3.63) is 0 Å². The first-order valence-electron chi connectivity index (χ1n) is 4.47. The van der Waals surface area contributed by atoms with E-state index in [0.717, 1.165) is 12.8 Å². The van der Waals surface area contributed by atoms with Crippen molar-refractivity contribution in [2.24, 2.45) is 0 Å². The van der Waals surface area contributed by atoms with Gasteiger partial charge in [-0.2, -0.15) is 0 Å². The fourth-order valence-corrected chi connectivity index (χ4v) is 1.03. The first kappa shape index (κ1) is 9.23. The molecule has 12 heavy (non-hydrogen) atoms. The Morgan fingerprint density at radius 1 is 1.33 bits per heavy atom. The minimum absolute atomic E-state index is 0.0961. The van der Waals surface area contributed by atoms with Crippen molar-refractivity contribution in [3.8, 4) is 0 Å². The molecule has 1 N–H and O–H groups in total. The highest BCUT2D eigenvalue weighted by Gasteiger charge is 2.22. The molecule has 0 radical (unpaired) electrons. The second-order valence-corrected chi connectivity index (χ2v) is 3.40. The Morgan fingerprint density at radius 3 is 2.50 bits per heavy atom. The number of carbonyl (C=O) groups is 2. The summed E-state index contributed by atoms with van der Waals surface area (Å²) < 4.78 is 0. The molecule has 1 fully saturated rings. The van der Waals surface area contributed by atoms with Gasteiger partial charge in [-0.3, -0.25) is 4.79 Å². The molecule has 0 heterocycles. The lowest BCUT2D eigenvalue weighted by Crippen LogP contribution is -2.24. The van der Waals surface area contributed by atoms with E-state index in [1.165, 1.54) is 0 Å². The van der Waals surface area contributed by atoms with Gasteiger partial charge in [0, 0.05) is 18.9 Å². The highest BCUT2D eigenvalue weighted by atomic mass is 16.1. The van der Waals surface area contributed by atoms with Crippen molar-refractivity contribution >= 4 is 11.7 Å². The van der Waals surface area contributed by atoms with Crippen molar-refractivity contribution in [1.29, 1.82) is 0 Å². The van der Waals surface area contributed by atoms with E-state index in [4.69, 9.17) is 0 Å². The predicted octanol–water partition coefficient (Wildman–Crippen LogP) is 1.02. The van der Waals surface area contributed by atoms with Gasteiger partial charge in [-0.15, -0.1) is 0 Å². The van der Waals surface area contributed by atoms with Crippen LogP contribution in [0.2, 0.25) is 0 Å². The Labute approximate surface area is 72.5 Å². The molecule has 68 valence electrons. The fourth-order valence-electron chi connectivity index (χ4n) is 1.03. The van der Waals surface area contributed by atoms with Crippen molar-refractivity contribution in [2.45, 2.75) is 45.1 Å². The van der Waals surface area contributed by atoms with E-state index in [-0.39, 0.29) is 11.7 Å². The largest absolute Gasteiger partial charge is 0.353 e. The molecule has 0 spiro atoms. The summed E-state index contributed by atoms with van der Waals surface area (Å²) in [6, 6.07) is 0.440. The first-order chi connectivity index (χ1) is 5.68. The quantitative estimate of drug-likeness (QED) is 0.668. The van der Waals surface area contributed by atoms with E-state index in [9.17, 15) is 9.59 Å². The average Bonchev–Trinajstić information content (AvgIpc) is 2.70. The third kappa shape index (κ3) is 4.11. The number of amides is 1. The summed E-state index contributed by atoms with van der Waals surface area (Å²) in [7, 11) is 0. The Hall–Kier alpha value is -0.860. The maximum absolute atomic E-state index is 11.1. The zero-order valence-corrected chi connectivity index (χ0v) is 7.43. The molecule has 1 amide bonds. The minimum atomic E-state index is 0.0961.